The maximum absolute atomic E-state index is 8.57. The Hall–Kier alpha value is -0.610. The molecular formula is C10H21N3O. The van der Waals surface area contributed by atoms with Gasteiger partial charge in [-0.1, -0.05) is 11.6 Å². The Morgan fingerprint density at radius 2 is 2.43 bits per heavy atom. The van der Waals surface area contributed by atoms with Crippen molar-refractivity contribution in [2.75, 3.05) is 13.1 Å². The number of piperidine rings is 1. The van der Waals surface area contributed by atoms with Gasteiger partial charge in [0, 0.05) is 18.6 Å². The molecular weight excluding hydrogens is 178 g/mol. The molecule has 1 aliphatic heterocycles. The first-order valence-corrected chi connectivity index (χ1v) is 5.39. The topological polar surface area (TPSA) is 56.7 Å². The minimum absolute atomic E-state index is 0.156. The molecule has 4 heteroatoms. The second-order valence-corrected chi connectivity index (χ2v) is 4.02. The Bertz CT molecular complexity index is 188. The molecule has 2 unspecified atom stereocenters. The Balaban J connectivity index is 2.18. The zero-order valence-electron chi connectivity index (χ0n) is 9.08. The first kappa shape index (κ1) is 11.5. The summed E-state index contributed by atoms with van der Waals surface area (Å²) >= 11 is 0. The van der Waals surface area contributed by atoms with Crippen LogP contribution in [0.2, 0.25) is 0 Å². The van der Waals surface area contributed by atoms with Gasteiger partial charge in [-0.05, 0) is 33.2 Å². The fourth-order valence-corrected chi connectivity index (χ4v) is 1.65. The monoisotopic (exact) mass is 199 g/mol. The second-order valence-electron chi connectivity index (χ2n) is 4.02. The molecule has 1 aliphatic rings. The number of nitrogens with one attached hydrogen (secondary N) is 2. The summed E-state index contributed by atoms with van der Waals surface area (Å²) in [5.41, 5.74) is 0.737. The molecule has 1 fully saturated rings. The Labute approximate surface area is 85.8 Å². The van der Waals surface area contributed by atoms with E-state index in [2.05, 4.69) is 15.8 Å². The van der Waals surface area contributed by atoms with Gasteiger partial charge in [0.1, 0.15) is 0 Å². The van der Waals surface area contributed by atoms with Gasteiger partial charge in [-0.2, -0.15) is 0 Å². The third kappa shape index (κ3) is 3.64. The number of oxime groups is 1. The second kappa shape index (κ2) is 5.98. The summed E-state index contributed by atoms with van der Waals surface area (Å²) in [6.45, 7) is 5.92. The van der Waals surface area contributed by atoms with Crippen molar-refractivity contribution in [3.8, 4) is 0 Å². The van der Waals surface area contributed by atoms with Crippen molar-refractivity contribution < 1.29 is 5.21 Å². The molecule has 1 heterocycles. The molecule has 0 amide bonds. The SMILES string of the molecule is CC(=NO)C(C)NCC1CCCCN1. The predicted molar refractivity (Wildman–Crippen MR) is 58.0 cm³/mol. The molecule has 0 aromatic rings. The Morgan fingerprint density at radius 3 is 3.00 bits per heavy atom. The lowest BCUT2D eigenvalue weighted by molar-refractivity contribution is 0.314. The molecule has 2 atom stereocenters. The number of rotatable bonds is 4. The van der Waals surface area contributed by atoms with E-state index in [-0.39, 0.29) is 6.04 Å². The molecule has 14 heavy (non-hydrogen) atoms. The quantitative estimate of drug-likeness (QED) is 0.359. The van der Waals surface area contributed by atoms with E-state index in [4.69, 9.17) is 5.21 Å². The van der Waals surface area contributed by atoms with Crippen LogP contribution in [0.3, 0.4) is 0 Å². The first-order valence-electron chi connectivity index (χ1n) is 5.39. The molecule has 0 spiro atoms. The van der Waals surface area contributed by atoms with Crippen molar-refractivity contribution in [1.82, 2.24) is 10.6 Å². The summed E-state index contributed by atoms with van der Waals surface area (Å²) < 4.78 is 0. The fourth-order valence-electron chi connectivity index (χ4n) is 1.65. The van der Waals surface area contributed by atoms with Crippen LogP contribution in [0.5, 0.6) is 0 Å². The van der Waals surface area contributed by atoms with E-state index in [1.807, 2.05) is 13.8 Å². The molecule has 0 radical (unpaired) electrons. The Morgan fingerprint density at radius 1 is 1.64 bits per heavy atom. The third-order valence-corrected chi connectivity index (χ3v) is 2.87. The molecule has 1 rings (SSSR count). The highest BCUT2D eigenvalue weighted by molar-refractivity contribution is 5.86. The molecule has 0 aliphatic carbocycles. The van der Waals surface area contributed by atoms with Crippen molar-refractivity contribution >= 4 is 5.71 Å². The van der Waals surface area contributed by atoms with Crippen molar-refractivity contribution in [3.63, 3.8) is 0 Å². The van der Waals surface area contributed by atoms with E-state index in [0.717, 1.165) is 18.8 Å². The van der Waals surface area contributed by atoms with Crippen molar-refractivity contribution in [3.05, 3.63) is 0 Å². The first-order chi connectivity index (χ1) is 6.74. The van der Waals surface area contributed by atoms with Crippen LogP contribution in [0.15, 0.2) is 5.16 Å². The largest absolute Gasteiger partial charge is 0.411 e. The average Bonchev–Trinajstić information content (AvgIpc) is 2.26. The van der Waals surface area contributed by atoms with Gasteiger partial charge in [-0.3, -0.25) is 0 Å². The number of hydrogen-bond donors (Lipinski definition) is 3. The normalized spacial score (nSPS) is 26.1. The predicted octanol–water partition coefficient (Wildman–Crippen LogP) is 0.957. The van der Waals surface area contributed by atoms with Gasteiger partial charge in [0.25, 0.3) is 0 Å². The highest BCUT2D eigenvalue weighted by Gasteiger charge is 2.13. The molecule has 4 nitrogen and oxygen atoms in total. The maximum Gasteiger partial charge on any atom is 0.0706 e. The van der Waals surface area contributed by atoms with Crippen LogP contribution < -0.4 is 10.6 Å². The molecule has 0 aromatic heterocycles. The van der Waals surface area contributed by atoms with E-state index >= 15 is 0 Å². The summed E-state index contributed by atoms with van der Waals surface area (Å²) in [4.78, 5) is 0. The van der Waals surface area contributed by atoms with E-state index in [9.17, 15) is 0 Å². The summed E-state index contributed by atoms with van der Waals surface area (Å²) in [6.07, 6.45) is 3.86. The van der Waals surface area contributed by atoms with Gasteiger partial charge in [0.15, 0.2) is 0 Å². The summed E-state index contributed by atoms with van der Waals surface area (Å²) in [5.74, 6) is 0. The lowest BCUT2D eigenvalue weighted by Crippen LogP contribution is -2.45. The maximum atomic E-state index is 8.57. The van der Waals surface area contributed by atoms with Crippen molar-refractivity contribution in [1.29, 1.82) is 0 Å². The van der Waals surface area contributed by atoms with Crippen LogP contribution in [-0.4, -0.2) is 36.1 Å². The minimum Gasteiger partial charge on any atom is -0.411 e. The van der Waals surface area contributed by atoms with Crippen LogP contribution in [0.4, 0.5) is 0 Å². The zero-order chi connectivity index (χ0) is 10.4. The third-order valence-electron chi connectivity index (χ3n) is 2.87. The minimum atomic E-state index is 0.156. The van der Waals surface area contributed by atoms with Gasteiger partial charge in [-0.25, -0.2) is 0 Å². The average molecular weight is 199 g/mol. The van der Waals surface area contributed by atoms with Gasteiger partial charge in [0.2, 0.25) is 0 Å². The molecule has 3 N–H and O–H groups in total. The fraction of sp³-hybridized carbons (Fsp3) is 0.900. The lowest BCUT2D eigenvalue weighted by Gasteiger charge is -2.25. The highest BCUT2D eigenvalue weighted by atomic mass is 16.4. The van der Waals surface area contributed by atoms with Gasteiger partial charge in [-0.15, -0.1) is 0 Å². The lowest BCUT2D eigenvalue weighted by atomic mass is 10.0. The number of nitrogens with zero attached hydrogens (tertiary/aromatic N) is 1. The van der Waals surface area contributed by atoms with Crippen molar-refractivity contribution in [2.45, 2.75) is 45.2 Å². The smallest absolute Gasteiger partial charge is 0.0706 e. The summed E-state index contributed by atoms with van der Waals surface area (Å²) in [6, 6.07) is 0.737. The Kier molecular flexibility index (Phi) is 4.90. The van der Waals surface area contributed by atoms with Crippen LogP contribution in [0.1, 0.15) is 33.1 Å². The summed E-state index contributed by atoms with van der Waals surface area (Å²) in [7, 11) is 0. The van der Waals surface area contributed by atoms with Gasteiger partial charge >= 0.3 is 0 Å². The molecule has 1 saturated heterocycles. The van der Waals surface area contributed by atoms with Crippen molar-refractivity contribution in [2.24, 2.45) is 5.16 Å². The zero-order valence-corrected chi connectivity index (χ0v) is 9.08. The number of hydrogen-bond acceptors (Lipinski definition) is 4. The highest BCUT2D eigenvalue weighted by Crippen LogP contribution is 2.05. The molecule has 0 aromatic carbocycles. The molecule has 82 valence electrons. The van der Waals surface area contributed by atoms with Crippen LogP contribution >= 0.6 is 0 Å². The van der Waals surface area contributed by atoms with E-state index in [1.54, 1.807) is 0 Å². The van der Waals surface area contributed by atoms with Crippen LogP contribution in [0.25, 0.3) is 0 Å². The summed E-state index contributed by atoms with van der Waals surface area (Å²) in [5, 5.41) is 18.6. The molecule has 0 bridgehead atoms. The van der Waals surface area contributed by atoms with Gasteiger partial charge in [0.05, 0.1) is 5.71 Å². The van der Waals surface area contributed by atoms with E-state index < -0.39 is 0 Å². The standard InChI is InChI=1S/C10H21N3O/c1-8(9(2)13-14)12-7-10-5-3-4-6-11-10/h8,10-12,14H,3-7H2,1-2H3. The van der Waals surface area contributed by atoms with Gasteiger partial charge < -0.3 is 15.8 Å². The van der Waals surface area contributed by atoms with Crippen LogP contribution in [0, 0.1) is 0 Å². The van der Waals surface area contributed by atoms with E-state index in [1.165, 1.54) is 19.3 Å². The van der Waals surface area contributed by atoms with Crippen LogP contribution in [-0.2, 0) is 0 Å². The molecule has 0 saturated carbocycles. The van der Waals surface area contributed by atoms with E-state index in [0.29, 0.717) is 6.04 Å².